The summed E-state index contributed by atoms with van der Waals surface area (Å²) >= 11 is 6.01. The molecular weight excluding hydrogens is 188 g/mol. The van der Waals surface area contributed by atoms with E-state index in [2.05, 4.69) is 0 Å². The van der Waals surface area contributed by atoms with Gasteiger partial charge in [-0.25, -0.2) is 0 Å². The van der Waals surface area contributed by atoms with E-state index in [1.165, 1.54) is 0 Å². The van der Waals surface area contributed by atoms with Crippen molar-refractivity contribution in [2.24, 2.45) is 0 Å². The fourth-order valence-electron chi connectivity index (χ4n) is 1.24. The predicted molar refractivity (Wildman–Crippen MR) is 52.8 cm³/mol. The summed E-state index contributed by atoms with van der Waals surface area (Å²) in [6.45, 7) is 1.95. The second-order valence-corrected chi connectivity index (χ2v) is 3.00. The lowest BCUT2D eigenvalue weighted by atomic mass is 10.1. The fraction of sp³-hybridized carbons (Fsp3) is 0.300. The molecule has 1 aromatic rings. The Hall–Kier alpha value is -1.02. The van der Waals surface area contributed by atoms with E-state index in [1.807, 2.05) is 6.92 Å². The Morgan fingerprint density at radius 3 is 2.69 bits per heavy atom. The van der Waals surface area contributed by atoms with E-state index >= 15 is 0 Å². The summed E-state index contributed by atoms with van der Waals surface area (Å²) < 4.78 is 5.04. The van der Waals surface area contributed by atoms with Gasteiger partial charge in [0, 0.05) is 5.56 Å². The number of ether oxygens (including phenoxy) is 1. The van der Waals surface area contributed by atoms with Crippen LogP contribution in [0, 0.1) is 0 Å². The summed E-state index contributed by atoms with van der Waals surface area (Å²) in [7, 11) is 1.56. The van der Waals surface area contributed by atoms with Crippen LogP contribution in [0.15, 0.2) is 12.1 Å². The maximum absolute atomic E-state index is 10.6. The van der Waals surface area contributed by atoms with Gasteiger partial charge in [-0.1, -0.05) is 18.5 Å². The van der Waals surface area contributed by atoms with E-state index in [9.17, 15) is 4.79 Å². The maximum Gasteiger partial charge on any atom is 0.150 e. The lowest BCUT2D eigenvalue weighted by molar-refractivity contribution is 0.112. The third kappa shape index (κ3) is 1.83. The molecule has 2 nitrogen and oxygen atoms in total. The van der Waals surface area contributed by atoms with E-state index < -0.39 is 0 Å². The van der Waals surface area contributed by atoms with Crippen LogP contribution in [0.1, 0.15) is 22.8 Å². The Bertz CT molecular complexity index is 321. The Kier molecular flexibility index (Phi) is 3.32. The molecule has 70 valence electrons. The zero-order valence-corrected chi connectivity index (χ0v) is 8.39. The summed E-state index contributed by atoms with van der Waals surface area (Å²) in [5.41, 5.74) is 1.48. The molecule has 3 heteroatoms. The number of halogens is 1. The normalized spacial score (nSPS) is 9.77. The van der Waals surface area contributed by atoms with Crippen molar-refractivity contribution >= 4 is 17.9 Å². The summed E-state index contributed by atoms with van der Waals surface area (Å²) in [5.74, 6) is 0.615. The standard InChI is InChI=1S/C10H11ClO2/c1-3-8-7(6-12)4-5-9(13-2)10(8)11/h4-6H,3H2,1-2H3. The van der Waals surface area contributed by atoms with Crippen LogP contribution in [0.2, 0.25) is 5.02 Å². The van der Waals surface area contributed by atoms with Crippen molar-refractivity contribution in [3.8, 4) is 5.75 Å². The van der Waals surface area contributed by atoms with Gasteiger partial charge < -0.3 is 4.74 Å². The van der Waals surface area contributed by atoms with Crippen LogP contribution < -0.4 is 4.74 Å². The number of rotatable bonds is 3. The second kappa shape index (κ2) is 4.28. The summed E-state index contributed by atoms with van der Waals surface area (Å²) in [5, 5.41) is 0.537. The first-order valence-corrected chi connectivity index (χ1v) is 4.43. The molecule has 1 rings (SSSR count). The van der Waals surface area contributed by atoms with Gasteiger partial charge in [-0.2, -0.15) is 0 Å². The minimum absolute atomic E-state index is 0.537. The monoisotopic (exact) mass is 198 g/mol. The van der Waals surface area contributed by atoms with Gasteiger partial charge in [-0.05, 0) is 24.1 Å². The molecule has 0 bridgehead atoms. The maximum atomic E-state index is 10.6. The number of benzene rings is 1. The Morgan fingerprint density at radius 2 is 2.23 bits per heavy atom. The summed E-state index contributed by atoms with van der Waals surface area (Å²) in [6.07, 6.45) is 1.54. The van der Waals surface area contributed by atoms with Crippen molar-refractivity contribution in [2.45, 2.75) is 13.3 Å². The molecule has 0 saturated heterocycles. The zero-order valence-electron chi connectivity index (χ0n) is 7.63. The number of aldehydes is 1. The second-order valence-electron chi connectivity index (χ2n) is 2.62. The molecule has 0 aromatic heterocycles. The number of methoxy groups -OCH3 is 1. The average molecular weight is 199 g/mol. The van der Waals surface area contributed by atoms with E-state index in [4.69, 9.17) is 16.3 Å². The van der Waals surface area contributed by atoms with Crippen LogP contribution in [-0.2, 0) is 6.42 Å². The molecule has 13 heavy (non-hydrogen) atoms. The van der Waals surface area contributed by atoms with E-state index in [-0.39, 0.29) is 0 Å². The topological polar surface area (TPSA) is 26.3 Å². The molecule has 0 saturated carbocycles. The average Bonchev–Trinajstić information content (AvgIpc) is 2.17. The molecule has 0 atom stereocenters. The third-order valence-corrected chi connectivity index (χ3v) is 2.36. The number of hydrogen-bond donors (Lipinski definition) is 0. The highest BCUT2D eigenvalue weighted by atomic mass is 35.5. The SMILES string of the molecule is CCc1c(C=O)ccc(OC)c1Cl. The van der Waals surface area contributed by atoms with Gasteiger partial charge in [0.25, 0.3) is 0 Å². The first-order chi connectivity index (χ1) is 6.24. The molecular formula is C10H11ClO2. The summed E-state index contributed by atoms with van der Waals surface area (Å²) in [4.78, 5) is 10.6. The van der Waals surface area contributed by atoms with Gasteiger partial charge in [0.2, 0.25) is 0 Å². The van der Waals surface area contributed by atoms with Crippen molar-refractivity contribution in [3.05, 3.63) is 28.3 Å². The molecule has 0 spiro atoms. The minimum atomic E-state index is 0.537. The molecule has 0 aliphatic heterocycles. The largest absolute Gasteiger partial charge is 0.495 e. The van der Waals surface area contributed by atoms with Crippen molar-refractivity contribution in [3.63, 3.8) is 0 Å². The van der Waals surface area contributed by atoms with Crippen LogP contribution >= 0.6 is 11.6 Å². The summed E-state index contributed by atoms with van der Waals surface area (Å²) in [6, 6.07) is 3.42. The first-order valence-electron chi connectivity index (χ1n) is 4.05. The van der Waals surface area contributed by atoms with Gasteiger partial charge in [-0.15, -0.1) is 0 Å². The van der Waals surface area contributed by atoms with Crippen LogP contribution in [-0.4, -0.2) is 13.4 Å². The fourth-order valence-corrected chi connectivity index (χ4v) is 1.62. The molecule has 0 aliphatic rings. The molecule has 0 heterocycles. The van der Waals surface area contributed by atoms with Gasteiger partial charge in [0.15, 0.2) is 0 Å². The third-order valence-electron chi connectivity index (χ3n) is 1.94. The Labute approximate surface area is 82.5 Å². The molecule has 0 unspecified atom stereocenters. The van der Waals surface area contributed by atoms with E-state index in [1.54, 1.807) is 19.2 Å². The van der Waals surface area contributed by atoms with Gasteiger partial charge in [0.05, 0.1) is 12.1 Å². The molecule has 0 amide bonds. The highest BCUT2D eigenvalue weighted by molar-refractivity contribution is 6.33. The van der Waals surface area contributed by atoms with Gasteiger partial charge >= 0.3 is 0 Å². The van der Waals surface area contributed by atoms with E-state index in [0.29, 0.717) is 16.3 Å². The van der Waals surface area contributed by atoms with Crippen LogP contribution in [0.3, 0.4) is 0 Å². The smallest absolute Gasteiger partial charge is 0.150 e. The lowest BCUT2D eigenvalue weighted by Crippen LogP contribution is -1.95. The molecule has 0 radical (unpaired) electrons. The van der Waals surface area contributed by atoms with Crippen molar-refractivity contribution in [1.29, 1.82) is 0 Å². The zero-order chi connectivity index (χ0) is 9.84. The quantitative estimate of drug-likeness (QED) is 0.699. The number of carbonyl (C=O) groups excluding carboxylic acids is 1. The number of hydrogen-bond acceptors (Lipinski definition) is 2. The molecule has 0 fully saturated rings. The molecule has 0 aliphatic carbocycles. The highest BCUT2D eigenvalue weighted by Gasteiger charge is 2.09. The van der Waals surface area contributed by atoms with Crippen molar-refractivity contribution < 1.29 is 9.53 Å². The van der Waals surface area contributed by atoms with Crippen LogP contribution in [0.5, 0.6) is 5.75 Å². The van der Waals surface area contributed by atoms with Gasteiger partial charge in [-0.3, -0.25) is 4.79 Å². The molecule has 1 aromatic carbocycles. The van der Waals surface area contributed by atoms with Crippen molar-refractivity contribution in [1.82, 2.24) is 0 Å². The van der Waals surface area contributed by atoms with Crippen molar-refractivity contribution in [2.75, 3.05) is 7.11 Å². The van der Waals surface area contributed by atoms with Crippen LogP contribution in [0.25, 0.3) is 0 Å². The lowest BCUT2D eigenvalue weighted by Gasteiger charge is -2.08. The van der Waals surface area contributed by atoms with Gasteiger partial charge in [0.1, 0.15) is 12.0 Å². The number of carbonyl (C=O) groups is 1. The van der Waals surface area contributed by atoms with E-state index in [0.717, 1.165) is 18.3 Å². The van der Waals surface area contributed by atoms with Crippen LogP contribution in [0.4, 0.5) is 0 Å². The highest BCUT2D eigenvalue weighted by Crippen LogP contribution is 2.30. The minimum Gasteiger partial charge on any atom is -0.495 e. The Morgan fingerprint density at radius 1 is 1.54 bits per heavy atom. The first kappa shape index (κ1) is 10.1. The Balaban J connectivity index is 3.31. The molecule has 0 N–H and O–H groups in total. The predicted octanol–water partition coefficient (Wildman–Crippen LogP) is 2.72.